The number of benzene rings is 1. The molecule has 0 radical (unpaired) electrons. The molecule has 22 heavy (non-hydrogen) atoms. The van der Waals surface area contributed by atoms with E-state index in [0.717, 1.165) is 44.3 Å². The Hall–Kier alpha value is -0.630. The van der Waals surface area contributed by atoms with Gasteiger partial charge in [0.2, 0.25) is 0 Å². The molecule has 1 aromatic rings. The molecule has 6 heteroatoms. The smallest absolute Gasteiger partial charge is 0.191 e. The second kappa shape index (κ2) is 14.0. The first-order valence-electron chi connectivity index (χ1n) is 7.55. The highest BCUT2D eigenvalue weighted by Crippen LogP contribution is 2.12. The molecule has 0 aromatic heterocycles. The highest BCUT2D eigenvalue weighted by molar-refractivity contribution is 14.0. The summed E-state index contributed by atoms with van der Waals surface area (Å²) in [6.45, 7) is 6.16. The molecule has 0 fully saturated rings. The van der Waals surface area contributed by atoms with E-state index in [1.807, 2.05) is 18.8 Å². The first kappa shape index (κ1) is 21.4. The molecule has 0 aliphatic heterocycles. The van der Waals surface area contributed by atoms with E-state index >= 15 is 0 Å². The van der Waals surface area contributed by atoms with Gasteiger partial charge < -0.3 is 15.5 Å². The van der Waals surface area contributed by atoms with E-state index in [2.05, 4.69) is 64.0 Å². The second-order valence-corrected chi connectivity index (χ2v) is 5.67. The first-order chi connectivity index (χ1) is 10.3. The minimum atomic E-state index is 0. The largest absolute Gasteiger partial charge is 0.372 e. The highest BCUT2D eigenvalue weighted by Gasteiger charge is 2.03. The van der Waals surface area contributed by atoms with Crippen LogP contribution in [-0.4, -0.2) is 51.2 Å². The van der Waals surface area contributed by atoms with Gasteiger partial charge in [0.1, 0.15) is 0 Å². The summed E-state index contributed by atoms with van der Waals surface area (Å²) >= 11 is 1.84. The minimum Gasteiger partial charge on any atom is -0.372 e. The summed E-state index contributed by atoms with van der Waals surface area (Å²) in [4.78, 5) is 6.62. The van der Waals surface area contributed by atoms with Gasteiger partial charge in [-0.25, -0.2) is 0 Å². The van der Waals surface area contributed by atoms with Gasteiger partial charge in [-0.1, -0.05) is 18.2 Å². The van der Waals surface area contributed by atoms with E-state index in [9.17, 15) is 0 Å². The van der Waals surface area contributed by atoms with Crippen LogP contribution in [0, 0.1) is 0 Å². The van der Waals surface area contributed by atoms with E-state index in [0.29, 0.717) is 0 Å². The fraction of sp³-hybridized carbons (Fsp3) is 0.562. The predicted octanol–water partition coefficient (Wildman–Crippen LogP) is 3.05. The maximum absolute atomic E-state index is 4.23. The molecule has 0 aliphatic carbocycles. The quantitative estimate of drug-likeness (QED) is 0.270. The van der Waals surface area contributed by atoms with Gasteiger partial charge in [0.05, 0.1) is 0 Å². The molecular weight excluding hydrogens is 407 g/mol. The summed E-state index contributed by atoms with van der Waals surface area (Å²) in [6.07, 6.45) is 3.20. The third kappa shape index (κ3) is 8.73. The van der Waals surface area contributed by atoms with Crippen molar-refractivity contribution in [1.82, 2.24) is 10.6 Å². The van der Waals surface area contributed by atoms with Crippen LogP contribution in [0.25, 0.3) is 0 Å². The summed E-state index contributed by atoms with van der Waals surface area (Å²) in [5.74, 6) is 1.99. The monoisotopic (exact) mass is 436 g/mol. The Morgan fingerprint density at radius 1 is 1.18 bits per heavy atom. The zero-order chi connectivity index (χ0) is 15.3. The van der Waals surface area contributed by atoms with Crippen LogP contribution in [-0.2, 0) is 0 Å². The van der Waals surface area contributed by atoms with Crippen LogP contribution in [0.15, 0.2) is 35.3 Å². The van der Waals surface area contributed by atoms with Gasteiger partial charge in [-0.3, -0.25) is 4.99 Å². The summed E-state index contributed by atoms with van der Waals surface area (Å²) in [6, 6.07) is 10.6. The lowest BCUT2D eigenvalue weighted by molar-refractivity contribution is 0.712. The van der Waals surface area contributed by atoms with Crippen LogP contribution in [0.4, 0.5) is 5.69 Å². The van der Waals surface area contributed by atoms with Crippen molar-refractivity contribution in [3.05, 3.63) is 30.3 Å². The van der Waals surface area contributed by atoms with Crippen molar-refractivity contribution in [2.75, 3.05) is 50.1 Å². The molecule has 0 amide bonds. The Bertz CT molecular complexity index is 400. The zero-order valence-corrected chi connectivity index (χ0v) is 17.0. The third-order valence-corrected chi connectivity index (χ3v) is 3.83. The summed E-state index contributed by atoms with van der Waals surface area (Å²) in [5.41, 5.74) is 1.29. The van der Waals surface area contributed by atoms with Gasteiger partial charge in [-0.15, -0.1) is 24.0 Å². The molecule has 0 unspecified atom stereocenters. The molecule has 2 N–H and O–H groups in total. The van der Waals surface area contributed by atoms with Crippen molar-refractivity contribution in [3.8, 4) is 0 Å². The number of anilines is 1. The van der Waals surface area contributed by atoms with Crippen LogP contribution in [0.3, 0.4) is 0 Å². The maximum Gasteiger partial charge on any atom is 0.191 e. The van der Waals surface area contributed by atoms with Crippen molar-refractivity contribution >= 4 is 47.4 Å². The number of guanidine groups is 1. The molecule has 0 heterocycles. The van der Waals surface area contributed by atoms with E-state index in [4.69, 9.17) is 0 Å². The molecule has 0 saturated heterocycles. The molecule has 4 nitrogen and oxygen atoms in total. The Labute approximate surface area is 156 Å². The van der Waals surface area contributed by atoms with E-state index in [1.54, 1.807) is 0 Å². The van der Waals surface area contributed by atoms with Crippen LogP contribution >= 0.6 is 35.7 Å². The normalized spacial score (nSPS) is 10.8. The predicted molar refractivity (Wildman–Crippen MR) is 112 cm³/mol. The molecule has 1 rings (SSSR count). The molecule has 0 bridgehead atoms. The fourth-order valence-corrected chi connectivity index (χ4v) is 2.38. The maximum atomic E-state index is 4.23. The fourth-order valence-electron chi connectivity index (χ4n) is 2.08. The number of aliphatic imine (C=N–C) groups is 1. The lowest BCUT2D eigenvalue weighted by Crippen LogP contribution is -2.39. The molecular formula is C16H29IN4S. The molecule has 0 aliphatic rings. The first-order valence-corrected chi connectivity index (χ1v) is 8.94. The third-order valence-electron chi connectivity index (χ3n) is 3.22. The SMILES string of the molecule is CCN(CCCNC(=NC)NCCSC)c1ccccc1.I. The topological polar surface area (TPSA) is 39.7 Å². The second-order valence-electron chi connectivity index (χ2n) is 4.69. The minimum absolute atomic E-state index is 0. The van der Waals surface area contributed by atoms with Gasteiger partial charge in [-0.2, -0.15) is 11.8 Å². The number of rotatable bonds is 9. The van der Waals surface area contributed by atoms with Crippen LogP contribution in [0.5, 0.6) is 0 Å². The Morgan fingerprint density at radius 3 is 2.45 bits per heavy atom. The van der Waals surface area contributed by atoms with E-state index < -0.39 is 0 Å². The Kier molecular flexibility index (Phi) is 13.6. The molecule has 0 atom stereocenters. The number of hydrogen-bond donors (Lipinski definition) is 2. The highest BCUT2D eigenvalue weighted by atomic mass is 127. The van der Waals surface area contributed by atoms with Crippen molar-refractivity contribution in [2.24, 2.45) is 4.99 Å². The lowest BCUT2D eigenvalue weighted by atomic mass is 10.2. The number of thioether (sulfide) groups is 1. The Balaban J connectivity index is 0.00000441. The van der Waals surface area contributed by atoms with E-state index in [-0.39, 0.29) is 24.0 Å². The zero-order valence-electron chi connectivity index (χ0n) is 13.8. The summed E-state index contributed by atoms with van der Waals surface area (Å²) in [5, 5.41) is 6.67. The van der Waals surface area contributed by atoms with Gasteiger partial charge in [0.15, 0.2) is 5.96 Å². The Morgan fingerprint density at radius 2 is 1.86 bits per heavy atom. The van der Waals surface area contributed by atoms with Crippen LogP contribution in [0.1, 0.15) is 13.3 Å². The molecule has 0 spiro atoms. The standard InChI is InChI=1S/C16H28N4S.HI/c1-4-20(15-9-6-5-7-10-15)13-8-11-18-16(17-2)19-12-14-21-3;/h5-7,9-10H,4,8,11-14H2,1-3H3,(H2,17,18,19);1H. The average Bonchev–Trinajstić information content (AvgIpc) is 2.54. The van der Waals surface area contributed by atoms with Gasteiger partial charge >= 0.3 is 0 Å². The number of halogens is 1. The van der Waals surface area contributed by atoms with Crippen LogP contribution < -0.4 is 15.5 Å². The van der Waals surface area contributed by atoms with Crippen molar-refractivity contribution in [1.29, 1.82) is 0 Å². The lowest BCUT2D eigenvalue weighted by Gasteiger charge is -2.23. The molecule has 0 saturated carbocycles. The van der Waals surface area contributed by atoms with Crippen molar-refractivity contribution in [3.63, 3.8) is 0 Å². The number of nitrogens with zero attached hydrogens (tertiary/aromatic N) is 2. The van der Waals surface area contributed by atoms with Gasteiger partial charge in [-0.05, 0) is 31.7 Å². The molecule has 126 valence electrons. The van der Waals surface area contributed by atoms with E-state index in [1.165, 1.54) is 5.69 Å². The van der Waals surface area contributed by atoms with Gasteiger partial charge in [0, 0.05) is 44.7 Å². The van der Waals surface area contributed by atoms with Crippen LogP contribution in [0.2, 0.25) is 0 Å². The van der Waals surface area contributed by atoms with Gasteiger partial charge in [0.25, 0.3) is 0 Å². The van der Waals surface area contributed by atoms with Crippen molar-refractivity contribution < 1.29 is 0 Å². The summed E-state index contributed by atoms with van der Waals surface area (Å²) in [7, 11) is 1.82. The number of nitrogens with one attached hydrogen (secondary N) is 2. The molecule has 1 aromatic carbocycles. The van der Waals surface area contributed by atoms with Crippen molar-refractivity contribution in [2.45, 2.75) is 13.3 Å². The summed E-state index contributed by atoms with van der Waals surface area (Å²) < 4.78 is 0. The average molecular weight is 436 g/mol. The number of hydrogen-bond acceptors (Lipinski definition) is 3. The number of para-hydroxylation sites is 1.